The van der Waals surface area contributed by atoms with Gasteiger partial charge in [0.1, 0.15) is 17.5 Å². The highest BCUT2D eigenvalue weighted by Gasteiger charge is 2.14. The van der Waals surface area contributed by atoms with Crippen LogP contribution in [0.25, 0.3) is 0 Å². The summed E-state index contributed by atoms with van der Waals surface area (Å²) in [7, 11) is 0. The third kappa shape index (κ3) is 3.50. The molecule has 1 unspecified atom stereocenters. The van der Waals surface area contributed by atoms with Gasteiger partial charge in [-0.2, -0.15) is 0 Å². The number of hydrazine groups is 1. The first-order chi connectivity index (χ1) is 9.49. The minimum atomic E-state index is -0.668. The topological polar surface area (TPSA) is 38.0 Å². The molecular weight excluding hydrogens is 289 g/mol. The lowest BCUT2D eigenvalue weighted by molar-refractivity contribution is 0.535. The molecule has 0 spiro atoms. The second-order valence-corrected chi connectivity index (χ2v) is 4.78. The average molecular weight is 301 g/mol. The maximum Gasteiger partial charge on any atom is 0.142 e. The van der Waals surface area contributed by atoms with Crippen molar-refractivity contribution >= 4 is 11.6 Å². The van der Waals surface area contributed by atoms with E-state index in [1.807, 2.05) is 0 Å². The molecule has 0 amide bonds. The Balaban J connectivity index is 2.26. The zero-order chi connectivity index (χ0) is 14.7. The minimum Gasteiger partial charge on any atom is -0.271 e. The predicted molar refractivity (Wildman–Crippen MR) is 71.5 cm³/mol. The fourth-order valence-corrected chi connectivity index (χ4v) is 2.08. The van der Waals surface area contributed by atoms with E-state index in [0.717, 1.165) is 6.07 Å². The SMILES string of the molecule is NNC(Cc1cc(F)cc(F)c1)c1ccc(Cl)c(F)c1. The van der Waals surface area contributed by atoms with Crippen molar-refractivity contribution in [2.75, 3.05) is 0 Å². The van der Waals surface area contributed by atoms with Crippen molar-refractivity contribution in [1.82, 2.24) is 5.43 Å². The zero-order valence-electron chi connectivity index (χ0n) is 10.3. The molecule has 6 heteroatoms. The molecule has 3 N–H and O–H groups in total. The third-order valence-electron chi connectivity index (χ3n) is 2.91. The van der Waals surface area contributed by atoms with Gasteiger partial charge in [-0.1, -0.05) is 17.7 Å². The smallest absolute Gasteiger partial charge is 0.142 e. The van der Waals surface area contributed by atoms with E-state index in [0.29, 0.717) is 11.1 Å². The van der Waals surface area contributed by atoms with Gasteiger partial charge in [0, 0.05) is 6.07 Å². The van der Waals surface area contributed by atoms with Crippen LogP contribution < -0.4 is 11.3 Å². The van der Waals surface area contributed by atoms with E-state index in [1.165, 1.54) is 24.3 Å². The summed E-state index contributed by atoms with van der Waals surface area (Å²) in [5, 5.41) is 0.00122. The molecule has 0 fully saturated rings. The largest absolute Gasteiger partial charge is 0.271 e. The standard InChI is InChI=1S/C14H12ClF3N2/c15-12-2-1-9(6-13(12)18)14(20-19)5-8-3-10(16)7-11(17)4-8/h1-4,6-7,14,20H,5,19H2. The summed E-state index contributed by atoms with van der Waals surface area (Å²) >= 11 is 5.60. The quantitative estimate of drug-likeness (QED) is 0.670. The van der Waals surface area contributed by atoms with Crippen molar-refractivity contribution in [3.05, 3.63) is 70.0 Å². The van der Waals surface area contributed by atoms with Crippen LogP contribution in [0.2, 0.25) is 5.02 Å². The van der Waals surface area contributed by atoms with Crippen molar-refractivity contribution in [3.63, 3.8) is 0 Å². The Hall–Kier alpha value is -1.56. The van der Waals surface area contributed by atoms with Crippen LogP contribution in [0.1, 0.15) is 17.2 Å². The van der Waals surface area contributed by atoms with Crippen LogP contribution in [0.5, 0.6) is 0 Å². The Morgan fingerprint density at radius 3 is 2.25 bits per heavy atom. The molecule has 2 nitrogen and oxygen atoms in total. The average Bonchev–Trinajstić information content (AvgIpc) is 2.38. The Kier molecular flexibility index (Phi) is 4.65. The molecule has 2 aromatic carbocycles. The summed E-state index contributed by atoms with van der Waals surface area (Å²) in [6, 6.07) is 6.97. The number of benzene rings is 2. The van der Waals surface area contributed by atoms with E-state index in [4.69, 9.17) is 17.4 Å². The molecule has 0 heterocycles. The summed E-state index contributed by atoms with van der Waals surface area (Å²) in [6.07, 6.45) is 0.215. The maximum atomic E-state index is 13.4. The molecule has 0 aromatic heterocycles. The second-order valence-electron chi connectivity index (χ2n) is 4.37. The summed E-state index contributed by atoms with van der Waals surface area (Å²) < 4.78 is 39.7. The number of hydrogen-bond donors (Lipinski definition) is 2. The van der Waals surface area contributed by atoms with Gasteiger partial charge in [0.25, 0.3) is 0 Å². The van der Waals surface area contributed by atoms with Gasteiger partial charge < -0.3 is 0 Å². The molecule has 0 aliphatic heterocycles. The Labute approximate surface area is 119 Å². The first-order valence-electron chi connectivity index (χ1n) is 5.85. The normalized spacial score (nSPS) is 12.4. The summed E-state index contributed by atoms with van der Waals surface area (Å²) in [6.45, 7) is 0. The monoisotopic (exact) mass is 300 g/mol. The molecule has 0 radical (unpaired) electrons. The highest BCUT2D eigenvalue weighted by molar-refractivity contribution is 6.30. The van der Waals surface area contributed by atoms with Crippen molar-refractivity contribution in [1.29, 1.82) is 0 Å². The number of rotatable bonds is 4. The predicted octanol–water partition coefficient (Wildman–Crippen LogP) is 3.50. The zero-order valence-corrected chi connectivity index (χ0v) is 11.1. The molecule has 0 saturated heterocycles. The van der Waals surface area contributed by atoms with Crippen molar-refractivity contribution in [2.24, 2.45) is 5.84 Å². The van der Waals surface area contributed by atoms with Gasteiger partial charge in [-0.05, 0) is 41.8 Å². The van der Waals surface area contributed by atoms with E-state index in [1.54, 1.807) is 6.07 Å². The first kappa shape index (κ1) is 14.8. The van der Waals surface area contributed by atoms with Crippen molar-refractivity contribution < 1.29 is 13.2 Å². The molecule has 106 valence electrons. The van der Waals surface area contributed by atoms with Crippen molar-refractivity contribution in [2.45, 2.75) is 12.5 Å². The lowest BCUT2D eigenvalue weighted by Crippen LogP contribution is -2.29. The molecule has 2 aromatic rings. The lowest BCUT2D eigenvalue weighted by atomic mass is 9.99. The van der Waals surface area contributed by atoms with Gasteiger partial charge >= 0.3 is 0 Å². The number of nitrogens with one attached hydrogen (secondary N) is 1. The van der Waals surface area contributed by atoms with E-state index in [-0.39, 0.29) is 11.4 Å². The Morgan fingerprint density at radius 1 is 1.05 bits per heavy atom. The number of halogens is 4. The summed E-state index contributed by atoms with van der Waals surface area (Å²) in [5.74, 6) is 3.51. The van der Waals surface area contributed by atoms with E-state index >= 15 is 0 Å². The van der Waals surface area contributed by atoms with Crippen LogP contribution >= 0.6 is 11.6 Å². The van der Waals surface area contributed by atoms with E-state index in [2.05, 4.69) is 5.43 Å². The maximum absolute atomic E-state index is 13.4. The molecule has 0 aliphatic carbocycles. The van der Waals surface area contributed by atoms with Gasteiger partial charge in [-0.15, -0.1) is 0 Å². The van der Waals surface area contributed by atoms with Crippen LogP contribution in [-0.2, 0) is 6.42 Å². The molecule has 20 heavy (non-hydrogen) atoms. The van der Waals surface area contributed by atoms with Gasteiger partial charge in [0.05, 0.1) is 11.1 Å². The van der Waals surface area contributed by atoms with Crippen molar-refractivity contribution in [3.8, 4) is 0 Å². The van der Waals surface area contributed by atoms with E-state index in [9.17, 15) is 13.2 Å². The number of nitrogens with two attached hydrogens (primary N) is 1. The molecular formula is C14H12ClF3N2. The molecule has 0 saturated carbocycles. The second kappa shape index (κ2) is 6.26. The molecule has 2 rings (SSSR count). The highest BCUT2D eigenvalue weighted by atomic mass is 35.5. The highest BCUT2D eigenvalue weighted by Crippen LogP contribution is 2.23. The molecule has 0 aliphatic rings. The van der Waals surface area contributed by atoms with Gasteiger partial charge in [0.2, 0.25) is 0 Å². The fourth-order valence-electron chi connectivity index (χ4n) is 1.97. The van der Waals surface area contributed by atoms with Crippen LogP contribution in [0.4, 0.5) is 13.2 Å². The Bertz CT molecular complexity index is 599. The minimum absolute atomic E-state index is 0.00122. The van der Waals surface area contributed by atoms with E-state index < -0.39 is 23.5 Å². The van der Waals surface area contributed by atoms with Crippen LogP contribution in [0, 0.1) is 17.5 Å². The third-order valence-corrected chi connectivity index (χ3v) is 3.22. The van der Waals surface area contributed by atoms with Crippen LogP contribution in [0.3, 0.4) is 0 Å². The lowest BCUT2D eigenvalue weighted by Gasteiger charge is -2.17. The van der Waals surface area contributed by atoms with Gasteiger partial charge in [0.15, 0.2) is 0 Å². The molecule has 0 bridgehead atoms. The van der Waals surface area contributed by atoms with Crippen LogP contribution in [-0.4, -0.2) is 0 Å². The van der Waals surface area contributed by atoms with Gasteiger partial charge in [-0.25, -0.2) is 13.2 Å². The number of hydrogen-bond acceptors (Lipinski definition) is 2. The summed E-state index contributed by atoms with van der Waals surface area (Å²) in [5.41, 5.74) is 3.46. The van der Waals surface area contributed by atoms with Gasteiger partial charge in [-0.3, -0.25) is 11.3 Å². The molecule has 1 atom stereocenters. The Morgan fingerprint density at radius 2 is 1.70 bits per heavy atom. The summed E-state index contributed by atoms with van der Waals surface area (Å²) in [4.78, 5) is 0. The fraction of sp³-hybridized carbons (Fsp3) is 0.143. The first-order valence-corrected chi connectivity index (χ1v) is 6.23. The van der Waals surface area contributed by atoms with Crippen LogP contribution in [0.15, 0.2) is 36.4 Å².